The minimum Gasteiger partial charge on any atom is -0.388 e. The summed E-state index contributed by atoms with van der Waals surface area (Å²) in [7, 11) is 0. The SMILES string of the molecule is O=C(CO)c1ccc(CN(c2ccccn2)c2ccccn2)cc1. The van der Waals surface area contributed by atoms with Crippen molar-refractivity contribution in [1.82, 2.24) is 9.97 Å². The molecule has 2 heterocycles. The molecule has 0 aliphatic heterocycles. The van der Waals surface area contributed by atoms with Crippen LogP contribution >= 0.6 is 0 Å². The summed E-state index contributed by atoms with van der Waals surface area (Å²) in [4.78, 5) is 22.3. The maximum Gasteiger partial charge on any atom is 0.188 e. The molecule has 0 fully saturated rings. The van der Waals surface area contributed by atoms with Gasteiger partial charge in [-0.3, -0.25) is 4.79 Å². The molecule has 3 aromatic rings. The third-order valence-corrected chi connectivity index (χ3v) is 3.61. The van der Waals surface area contributed by atoms with E-state index in [9.17, 15) is 4.79 Å². The zero-order chi connectivity index (χ0) is 16.8. The molecule has 0 unspecified atom stereocenters. The quantitative estimate of drug-likeness (QED) is 0.708. The second-order valence-electron chi connectivity index (χ2n) is 5.24. The lowest BCUT2D eigenvalue weighted by Gasteiger charge is -2.22. The number of ketones is 1. The Bertz CT molecular complexity index is 750. The van der Waals surface area contributed by atoms with Crippen molar-refractivity contribution in [3.63, 3.8) is 0 Å². The summed E-state index contributed by atoms with van der Waals surface area (Å²) in [6.07, 6.45) is 3.49. The number of Topliss-reactive ketones (excluding diaryl/α,β-unsaturated/α-hetero) is 1. The first kappa shape index (κ1) is 15.8. The lowest BCUT2D eigenvalue weighted by atomic mass is 10.1. The maximum absolute atomic E-state index is 11.5. The molecule has 5 heteroatoms. The number of hydrogen-bond acceptors (Lipinski definition) is 5. The maximum atomic E-state index is 11.5. The molecule has 5 nitrogen and oxygen atoms in total. The lowest BCUT2D eigenvalue weighted by Crippen LogP contribution is -2.18. The monoisotopic (exact) mass is 319 g/mol. The normalized spacial score (nSPS) is 10.4. The molecule has 3 rings (SSSR count). The topological polar surface area (TPSA) is 66.3 Å². The summed E-state index contributed by atoms with van der Waals surface area (Å²) in [5, 5.41) is 8.93. The first-order valence-electron chi connectivity index (χ1n) is 7.60. The number of nitrogens with zero attached hydrogens (tertiary/aromatic N) is 3. The van der Waals surface area contributed by atoms with Crippen LogP contribution in [0, 0.1) is 0 Å². The lowest BCUT2D eigenvalue weighted by molar-refractivity contribution is 0.0903. The van der Waals surface area contributed by atoms with Crippen molar-refractivity contribution in [3.8, 4) is 0 Å². The molecule has 0 amide bonds. The predicted octanol–water partition coefficient (Wildman–Crippen LogP) is 2.99. The number of carbonyl (C=O) groups excluding carboxylic acids is 1. The number of aromatic nitrogens is 2. The average molecular weight is 319 g/mol. The van der Waals surface area contributed by atoms with Crippen LogP contribution in [0.4, 0.5) is 11.6 Å². The average Bonchev–Trinajstić information content (AvgIpc) is 2.67. The molecule has 1 N–H and O–H groups in total. The Morgan fingerprint density at radius 2 is 1.46 bits per heavy atom. The largest absolute Gasteiger partial charge is 0.388 e. The molecule has 24 heavy (non-hydrogen) atoms. The first-order chi connectivity index (χ1) is 11.8. The number of pyridine rings is 2. The highest BCUT2D eigenvalue weighted by Crippen LogP contribution is 2.23. The number of hydrogen-bond donors (Lipinski definition) is 1. The number of aliphatic hydroxyl groups is 1. The van der Waals surface area contributed by atoms with Gasteiger partial charge >= 0.3 is 0 Å². The second-order valence-corrected chi connectivity index (χ2v) is 5.24. The van der Waals surface area contributed by atoms with E-state index in [4.69, 9.17) is 5.11 Å². The zero-order valence-electron chi connectivity index (χ0n) is 13.0. The molecule has 0 saturated heterocycles. The van der Waals surface area contributed by atoms with E-state index in [1.54, 1.807) is 24.5 Å². The van der Waals surface area contributed by atoms with Crippen LogP contribution in [0.1, 0.15) is 15.9 Å². The van der Waals surface area contributed by atoms with Crippen molar-refractivity contribution in [2.24, 2.45) is 0 Å². The molecule has 1 aromatic carbocycles. The fourth-order valence-corrected chi connectivity index (χ4v) is 2.38. The summed E-state index contributed by atoms with van der Waals surface area (Å²) < 4.78 is 0. The number of carbonyl (C=O) groups is 1. The minimum atomic E-state index is -0.479. The van der Waals surface area contributed by atoms with Crippen LogP contribution in [-0.2, 0) is 6.54 Å². The van der Waals surface area contributed by atoms with Gasteiger partial charge in [0, 0.05) is 18.0 Å². The molecule has 2 aromatic heterocycles. The van der Waals surface area contributed by atoms with Gasteiger partial charge in [-0.2, -0.15) is 0 Å². The Labute approximate surface area is 140 Å². The zero-order valence-corrected chi connectivity index (χ0v) is 13.0. The van der Waals surface area contributed by atoms with E-state index in [0.717, 1.165) is 17.2 Å². The van der Waals surface area contributed by atoms with E-state index in [-0.39, 0.29) is 5.78 Å². The highest BCUT2D eigenvalue weighted by atomic mass is 16.3. The van der Waals surface area contributed by atoms with Crippen LogP contribution in [0.2, 0.25) is 0 Å². The Hall–Kier alpha value is -3.05. The Kier molecular flexibility index (Phi) is 4.93. The van der Waals surface area contributed by atoms with Gasteiger partial charge in [0.1, 0.15) is 18.2 Å². The summed E-state index contributed by atoms with van der Waals surface area (Å²) in [5.41, 5.74) is 1.52. The van der Waals surface area contributed by atoms with Gasteiger partial charge in [0.2, 0.25) is 0 Å². The van der Waals surface area contributed by atoms with E-state index in [2.05, 4.69) is 9.97 Å². The van der Waals surface area contributed by atoms with Crippen molar-refractivity contribution >= 4 is 17.4 Å². The highest BCUT2D eigenvalue weighted by molar-refractivity contribution is 5.96. The van der Waals surface area contributed by atoms with Crippen molar-refractivity contribution in [3.05, 3.63) is 84.2 Å². The molecular weight excluding hydrogens is 302 g/mol. The molecule has 0 spiro atoms. The number of aliphatic hydroxyl groups excluding tert-OH is 1. The van der Waals surface area contributed by atoms with Crippen LogP contribution in [0.25, 0.3) is 0 Å². The molecular formula is C19H17N3O2. The number of benzene rings is 1. The van der Waals surface area contributed by atoms with Gasteiger partial charge in [0.15, 0.2) is 5.78 Å². The molecule has 0 aliphatic carbocycles. The fraction of sp³-hybridized carbons (Fsp3) is 0.105. The number of anilines is 2. The van der Waals surface area contributed by atoms with Gasteiger partial charge in [-0.25, -0.2) is 9.97 Å². The van der Waals surface area contributed by atoms with Crippen LogP contribution in [0.3, 0.4) is 0 Å². The van der Waals surface area contributed by atoms with Crippen LogP contribution in [-0.4, -0.2) is 27.5 Å². The van der Waals surface area contributed by atoms with Gasteiger partial charge in [0.05, 0.1) is 6.54 Å². The summed E-state index contributed by atoms with van der Waals surface area (Å²) in [5.74, 6) is 1.31. The van der Waals surface area contributed by atoms with Crippen LogP contribution < -0.4 is 4.90 Å². The van der Waals surface area contributed by atoms with E-state index in [1.807, 2.05) is 53.4 Å². The second kappa shape index (κ2) is 7.48. The molecule has 0 aliphatic rings. The Morgan fingerprint density at radius 1 is 0.875 bits per heavy atom. The summed E-state index contributed by atoms with van der Waals surface area (Å²) in [6.45, 7) is 0.0922. The molecule has 0 saturated carbocycles. The van der Waals surface area contributed by atoms with E-state index < -0.39 is 6.61 Å². The van der Waals surface area contributed by atoms with Gasteiger partial charge in [-0.1, -0.05) is 36.4 Å². The fourth-order valence-electron chi connectivity index (χ4n) is 2.38. The molecule has 0 bridgehead atoms. The van der Waals surface area contributed by atoms with Gasteiger partial charge in [-0.15, -0.1) is 0 Å². The van der Waals surface area contributed by atoms with E-state index in [0.29, 0.717) is 12.1 Å². The van der Waals surface area contributed by atoms with Crippen LogP contribution in [0.5, 0.6) is 0 Å². The predicted molar refractivity (Wildman–Crippen MR) is 92.2 cm³/mol. The van der Waals surface area contributed by atoms with Gasteiger partial charge < -0.3 is 10.0 Å². The Morgan fingerprint density at radius 3 is 1.92 bits per heavy atom. The van der Waals surface area contributed by atoms with E-state index >= 15 is 0 Å². The standard InChI is InChI=1S/C19H17N3O2/c23-14-17(24)16-9-7-15(8-10-16)13-22(18-5-1-3-11-20-18)19-6-2-4-12-21-19/h1-12,23H,13-14H2. The van der Waals surface area contributed by atoms with Crippen molar-refractivity contribution in [1.29, 1.82) is 0 Å². The molecule has 120 valence electrons. The smallest absolute Gasteiger partial charge is 0.188 e. The molecule has 0 radical (unpaired) electrons. The Balaban J connectivity index is 1.89. The number of rotatable bonds is 6. The first-order valence-corrected chi connectivity index (χ1v) is 7.60. The van der Waals surface area contributed by atoms with Crippen LogP contribution in [0.15, 0.2) is 73.1 Å². The van der Waals surface area contributed by atoms with Crippen molar-refractivity contribution < 1.29 is 9.90 Å². The summed E-state index contributed by atoms with van der Waals surface area (Å²) in [6, 6.07) is 18.7. The van der Waals surface area contributed by atoms with Gasteiger partial charge in [0.25, 0.3) is 0 Å². The van der Waals surface area contributed by atoms with Gasteiger partial charge in [-0.05, 0) is 29.8 Å². The summed E-state index contributed by atoms with van der Waals surface area (Å²) >= 11 is 0. The van der Waals surface area contributed by atoms with E-state index in [1.165, 1.54) is 0 Å². The highest BCUT2D eigenvalue weighted by Gasteiger charge is 2.12. The van der Waals surface area contributed by atoms with Crippen molar-refractivity contribution in [2.45, 2.75) is 6.54 Å². The minimum absolute atomic E-state index is 0.284. The third kappa shape index (κ3) is 3.64. The molecule has 0 atom stereocenters. The third-order valence-electron chi connectivity index (χ3n) is 3.61. The van der Waals surface area contributed by atoms with Crippen molar-refractivity contribution in [2.75, 3.05) is 11.5 Å².